The summed E-state index contributed by atoms with van der Waals surface area (Å²) in [6.45, 7) is 5.61. The number of carboxylic acids is 1. The third kappa shape index (κ3) is 4.35. The largest absolute Gasteiger partial charge is 0.481 e. The molecule has 106 valence electrons. The molecule has 0 bridgehead atoms. The van der Waals surface area contributed by atoms with E-state index in [0.717, 1.165) is 31.1 Å². The smallest absolute Gasteiger partial charge is 0.303 e. The number of piperidine rings is 1. The third-order valence-electron chi connectivity index (χ3n) is 3.71. The average molecular weight is 266 g/mol. The molecule has 1 aliphatic rings. The van der Waals surface area contributed by atoms with Gasteiger partial charge in [-0.1, -0.05) is 6.92 Å². The quantitative estimate of drug-likeness (QED) is 0.852. The predicted octanol–water partition coefficient (Wildman–Crippen LogP) is 1.97. The van der Waals surface area contributed by atoms with Gasteiger partial charge in [0.2, 0.25) is 0 Å². The van der Waals surface area contributed by atoms with Crippen molar-refractivity contribution in [1.82, 2.24) is 9.88 Å². The number of carbonyl (C=O) groups is 1. The topological polar surface area (TPSA) is 66.6 Å². The van der Waals surface area contributed by atoms with Gasteiger partial charge in [-0.3, -0.25) is 4.79 Å². The summed E-state index contributed by atoms with van der Waals surface area (Å²) in [5.74, 6) is 0.568. The molecule has 0 saturated carbocycles. The number of aromatic nitrogens is 1. The van der Waals surface area contributed by atoms with E-state index in [1.807, 2.05) is 0 Å². The molecule has 0 spiro atoms. The van der Waals surface area contributed by atoms with Crippen LogP contribution in [-0.2, 0) is 17.6 Å². The van der Waals surface area contributed by atoms with Crippen molar-refractivity contribution in [3.8, 4) is 0 Å². The molecular weight excluding hydrogens is 244 g/mol. The van der Waals surface area contributed by atoms with Crippen LogP contribution in [0.4, 0.5) is 0 Å². The van der Waals surface area contributed by atoms with Gasteiger partial charge in [-0.25, -0.2) is 4.98 Å². The zero-order valence-electron chi connectivity index (χ0n) is 11.5. The standard InChI is InChI=1S/C14H22N2O3/c1-2-16-7-3-4-11(9-16)8-13-15-12(10-19-13)5-6-14(17)18/h10-11H,2-9H2,1H3,(H,17,18). The van der Waals surface area contributed by atoms with E-state index in [2.05, 4.69) is 16.8 Å². The second kappa shape index (κ2) is 6.70. The van der Waals surface area contributed by atoms with Crippen LogP contribution in [0.2, 0.25) is 0 Å². The number of likely N-dealkylation sites (tertiary alicyclic amines) is 1. The maximum absolute atomic E-state index is 10.5. The van der Waals surface area contributed by atoms with Gasteiger partial charge in [0.1, 0.15) is 6.26 Å². The number of nitrogens with zero attached hydrogens (tertiary/aromatic N) is 2. The van der Waals surface area contributed by atoms with Crippen molar-refractivity contribution in [2.24, 2.45) is 5.92 Å². The Bertz CT molecular complexity index is 417. The molecule has 1 fully saturated rings. The molecule has 19 heavy (non-hydrogen) atoms. The minimum Gasteiger partial charge on any atom is -0.481 e. The number of carboxylic acid groups (broad SMARTS) is 1. The first-order valence-electron chi connectivity index (χ1n) is 7.04. The lowest BCUT2D eigenvalue weighted by Crippen LogP contribution is -2.35. The minimum atomic E-state index is -0.796. The number of aryl methyl sites for hydroxylation is 1. The molecule has 1 saturated heterocycles. The van der Waals surface area contributed by atoms with Gasteiger partial charge in [-0.15, -0.1) is 0 Å². The summed E-state index contributed by atoms with van der Waals surface area (Å²) in [6.07, 6.45) is 5.49. The molecule has 2 rings (SSSR count). The average Bonchev–Trinajstić information content (AvgIpc) is 2.84. The van der Waals surface area contributed by atoms with Gasteiger partial charge in [0, 0.05) is 19.4 Å². The van der Waals surface area contributed by atoms with Crippen LogP contribution in [0.3, 0.4) is 0 Å². The maximum atomic E-state index is 10.5. The Morgan fingerprint density at radius 1 is 1.63 bits per heavy atom. The highest BCUT2D eigenvalue weighted by atomic mass is 16.4. The molecule has 1 atom stereocenters. The number of oxazole rings is 1. The van der Waals surface area contributed by atoms with Crippen LogP contribution in [0, 0.1) is 5.92 Å². The van der Waals surface area contributed by atoms with Gasteiger partial charge in [0.15, 0.2) is 5.89 Å². The van der Waals surface area contributed by atoms with E-state index in [0.29, 0.717) is 12.3 Å². The molecule has 5 heteroatoms. The maximum Gasteiger partial charge on any atom is 0.303 e. The molecule has 1 aromatic rings. The molecule has 5 nitrogen and oxygen atoms in total. The zero-order chi connectivity index (χ0) is 13.7. The van der Waals surface area contributed by atoms with E-state index >= 15 is 0 Å². The Hall–Kier alpha value is -1.36. The van der Waals surface area contributed by atoms with Crippen LogP contribution in [0.15, 0.2) is 10.7 Å². The monoisotopic (exact) mass is 266 g/mol. The fourth-order valence-electron chi connectivity index (χ4n) is 2.64. The lowest BCUT2D eigenvalue weighted by molar-refractivity contribution is -0.136. The Morgan fingerprint density at radius 2 is 2.47 bits per heavy atom. The van der Waals surface area contributed by atoms with Crippen LogP contribution in [-0.4, -0.2) is 40.6 Å². The number of rotatable bonds is 6. The predicted molar refractivity (Wildman–Crippen MR) is 71.0 cm³/mol. The molecule has 0 aliphatic carbocycles. The van der Waals surface area contributed by atoms with E-state index in [4.69, 9.17) is 9.52 Å². The van der Waals surface area contributed by atoms with Crippen LogP contribution in [0.25, 0.3) is 0 Å². The zero-order valence-corrected chi connectivity index (χ0v) is 11.5. The Morgan fingerprint density at radius 3 is 3.21 bits per heavy atom. The summed E-state index contributed by atoms with van der Waals surface area (Å²) in [6, 6.07) is 0. The lowest BCUT2D eigenvalue weighted by Gasteiger charge is -2.31. The van der Waals surface area contributed by atoms with E-state index in [9.17, 15) is 4.79 Å². The van der Waals surface area contributed by atoms with Gasteiger partial charge >= 0.3 is 5.97 Å². The van der Waals surface area contributed by atoms with Crippen LogP contribution < -0.4 is 0 Å². The number of hydrogen-bond donors (Lipinski definition) is 1. The third-order valence-corrected chi connectivity index (χ3v) is 3.71. The molecule has 1 aromatic heterocycles. The second-order valence-corrected chi connectivity index (χ2v) is 5.23. The minimum absolute atomic E-state index is 0.110. The Labute approximate surface area is 113 Å². The van der Waals surface area contributed by atoms with Crippen molar-refractivity contribution >= 4 is 5.97 Å². The summed E-state index contributed by atoms with van der Waals surface area (Å²) in [4.78, 5) is 17.3. The lowest BCUT2D eigenvalue weighted by atomic mass is 9.95. The molecule has 0 amide bonds. The highest BCUT2D eigenvalue weighted by Crippen LogP contribution is 2.20. The van der Waals surface area contributed by atoms with Crippen molar-refractivity contribution < 1.29 is 14.3 Å². The first-order chi connectivity index (χ1) is 9.17. The summed E-state index contributed by atoms with van der Waals surface area (Å²) in [7, 11) is 0. The van der Waals surface area contributed by atoms with Gasteiger partial charge in [0.05, 0.1) is 12.1 Å². The molecule has 0 aromatic carbocycles. The highest BCUT2D eigenvalue weighted by molar-refractivity contribution is 5.66. The number of hydrogen-bond acceptors (Lipinski definition) is 4. The van der Waals surface area contributed by atoms with Crippen LogP contribution in [0.5, 0.6) is 0 Å². The molecule has 2 heterocycles. The highest BCUT2D eigenvalue weighted by Gasteiger charge is 2.20. The summed E-state index contributed by atoms with van der Waals surface area (Å²) < 4.78 is 5.45. The summed E-state index contributed by atoms with van der Waals surface area (Å²) in [5, 5.41) is 8.64. The Balaban J connectivity index is 1.83. The van der Waals surface area contributed by atoms with Gasteiger partial charge in [0.25, 0.3) is 0 Å². The Kier molecular flexibility index (Phi) is 4.96. The molecule has 0 radical (unpaired) electrons. The summed E-state index contributed by atoms with van der Waals surface area (Å²) >= 11 is 0. The molecular formula is C14H22N2O3. The van der Waals surface area contributed by atoms with Crippen molar-refractivity contribution in [2.45, 2.75) is 39.0 Å². The van der Waals surface area contributed by atoms with E-state index < -0.39 is 5.97 Å². The normalized spacial score (nSPS) is 20.6. The van der Waals surface area contributed by atoms with E-state index in [1.54, 1.807) is 6.26 Å². The first kappa shape index (κ1) is 14.1. The van der Waals surface area contributed by atoms with Crippen molar-refractivity contribution in [1.29, 1.82) is 0 Å². The second-order valence-electron chi connectivity index (χ2n) is 5.23. The number of aliphatic carboxylic acids is 1. The SMILES string of the molecule is CCN1CCCC(Cc2nc(CCC(=O)O)co2)C1. The van der Waals surface area contributed by atoms with Crippen molar-refractivity contribution in [3.63, 3.8) is 0 Å². The van der Waals surface area contributed by atoms with Crippen molar-refractivity contribution in [2.75, 3.05) is 19.6 Å². The van der Waals surface area contributed by atoms with Crippen LogP contribution >= 0.6 is 0 Å². The summed E-state index contributed by atoms with van der Waals surface area (Å²) in [5.41, 5.74) is 0.751. The van der Waals surface area contributed by atoms with Crippen molar-refractivity contribution in [3.05, 3.63) is 17.8 Å². The fraction of sp³-hybridized carbons (Fsp3) is 0.714. The van der Waals surface area contributed by atoms with Gasteiger partial charge in [-0.05, 0) is 31.8 Å². The van der Waals surface area contributed by atoms with E-state index in [1.165, 1.54) is 19.4 Å². The molecule has 1 aliphatic heterocycles. The molecule has 1 unspecified atom stereocenters. The van der Waals surface area contributed by atoms with E-state index in [-0.39, 0.29) is 6.42 Å². The molecule has 1 N–H and O–H groups in total. The van der Waals surface area contributed by atoms with Crippen LogP contribution in [0.1, 0.15) is 37.8 Å². The fourth-order valence-corrected chi connectivity index (χ4v) is 2.64. The van der Waals surface area contributed by atoms with Gasteiger partial charge < -0.3 is 14.4 Å². The van der Waals surface area contributed by atoms with Gasteiger partial charge in [-0.2, -0.15) is 0 Å². The first-order valence-corrected chi connectivity index (χ1v) is 7.04.